The molecule has 0 saturated carbocycles. The SMILES string of the molecule is C=Cc1c(C)c(Oc2c(O)c(C)c(C=C)c3ccc4c(C)c(O)ccc4c23)cc2c1ccc1c(C)c(O)ccc12. The van der Waals surface area contributed by atoms with Crippen molar-refractivity contribution in [2.24, 2.45) is 0 Å². The van der Waals surface area contributed by atoms with Crippen LogP contribution in [0.1, 0.15) is 33.4 Å². The van der Waals surface area contributed by atoms with E-state index in [2.05, 4.69) is 19.2 Å². The van der Waals surface area contributed by atoms with Crippen LogP contribution in [0.5, 0.6) is 28.7 Å². The first-order valence-electron chi connectivity index (χ1n) is 13.2. The molecule has 198 valence electrons. The number of aromatic hydroxyl groups is 3. The molecule has 0 aliphatic rings. The Balaban J connectivity index is 1.72. The molecule has 0 aliphatic heterocycles. The monoisotopic (exact) mass is 526 g/mol. The number of aryl methyl sites for hydroxylation is 2. The van der Waals surface area contributed by atoms with E-state index in [1.54, 1.807) is 18.2 Å². The summed E-state index contributed by atoms with van der Waals surface area (Å²) in [4.78, 5) is 0. The Bertz CT molecular complexity index is 2080. The van der Waals surface area contributed by atoms with Gasteiger partial charge in [0.25, 0.3) is 0 Å². The van der Waals surface area contributed by atoms with E-state index >= 15 is 0 Å². The number of rotatable bonds is 4. The third-order valence-electron chi connectivity index (χ3n) is 8.38. The van der Waals surface area contributed by atoms with Crippen molar-refractivity contribution in [2.45, 2.75) is 27.7 Å². The molecule has 0 unspecified atom stereocenters. The summed E-state index contributed by atoms with van der Waals surface area (Å²) in [5.74, 6) is 1.44. The second-order valence-electron chi connectivity index (χ2n) is 10.4. The Kier molecular flexibility index (Phi) is 5.74. The summed E-state index contributed by atoms with van der Waals surface area (Å²) in [5.41, 5.74) is 4.90. The molecule has 0 aliphatic carbocycles. The zero-order chi connectivity index (χ0) is 28.5. The highest BCUT2D eigenvalue weighted by atomic mass is 16.5. The molecule has 0 saturated heterocycles. The predicted octanol–water partition coefficient (Wildman–Crippen LogP) is 9.73. The van der Waals surface area contributed by atoms with Crippen molar-refractivity contribution < 1.29 is 20.1 Å². The maximum atomic E-state index is 11.6. The minimum absolute atomic E-state index is 0.0407. The molecule has 0 bridgehead atoms. The van der Waals surface area contributed by atoms with E-state index in [-0.39, 0.29) is 17.2 Å². The van der Waals surface area contributed by atoms with E-state index in [4.69, 9.17) is 4.74 Å². The Morgan fingerprint density at radius 3 is 1.68 bits per heavy atom. The van der Waals surface area contributed by atoms with Crippen molar-refractivity contribution in [3.63, 3.8) is 0 Å². The number of ether oxygens (including phenoxy) is 1. The lowest BCUT2D eigenvalue weighted by Gasteiger charge is -2.21. The van der Waals surface area contributed by atoms with Crippen LogP contribution in [0, 0.1) is 27.7 Å². The van der Waals surface area contributed by atoms with Crippen molar-refractivity contribution >= 4 is 55.2 Å². The average Bonchev–Trinajstić information content (AvgIpc) is 2.95. The summed E-state index contributed by atoms with van der Waals surface area (Å²) >= 11 is 0. The summed E-state index contributed by atoms with van der Waals surface area (Å²) < 4.78 is 6.72. The summed E-state index contributed by atoms with van der Waals surface area (Å²) in [6.45, 7) is 15.7. The fourth-order valence-corrected chi connectivity index (χ4v) is 6.01. The molecule has 4 heteroatoms. The van der Waals surface area contributed by atoms with E-state index in [9.17, 15) is 15.3 Å². The van der Waals surface area contributed by atoms with Gasteiger partial charge in [-0.1, -0.05) is 55.6 Å². The third kappa shape index (κ3) is 3.46. The number of phenolic OH excluding ortho intramolecular Hbond substituents is 3. The van der Waals surface area contributed by atoms with Gasteiger partial charge in [-0.3, -0.25) is 0 Å². The van der Waals surface area contributed by atoms with Crippen LogP contribution in [0.4, 0.5) is 0 Å². The van der Waals surface area contributed by atoms with Crippen molar-refractivity contribution in [1.29, 1.82) is 0 Å². The molecular weight excluding hydrogens is 496 g/mol. The van der Waals surface area contributed by atoms with Gasteiger partial charge in [-0.15, -0.1) is 0 Å². The zero-order valence-electron chi connectivity index (χ0n) is 23.0. The molecule has 4 nitrogen and oxygen atoms in total. The zero-order valence-corrected chi connectivity index (χ0v) is 23.0. The average molecular weight is 527 g/mol. The van der Waals surface area contributed by atoms with Gasteiger partial charge in [0.05, 0.1) is 0 Å². The minimum Gasteiger partial charge on any atom is -0.508 e. The van der Waals surface area contributed by atoms with Gasteiger partial charge in [0.1, 0.15) is 17.2 Å². The molecule has 0 radical (unpaired) electrons. The first-order valence-corrected chi connectivity index (χ1v) is 13.2. The minimum atomic E-state index is 0.0407. The van der Waals surface area contributed by atoms with Gasteiger partial charge in [0.2, 0.25) is 0 Å². The lowest BCUT2D eigenvalue weighted by Crippen LogP contribution is -1.97. The van der Waals surface area contributed by atoms with Crippen LogP contribution in [0.15, 0.2) is 67.8 Å². The Hall–Kier alpha value is -4.96. The molecule has 0 atom stereocenters. The molecule has 0 spiro atoms. The maximum absolute atomic E-state index is 11.6. The summed E-state index contributed by atoms with van der Waals surface area (Å²) in [6.07, 6.45) is 3.58. The Morgan fingerprint density at radius 1 is 0.550 bits per heavy atom. The molecule has 40 heavy (non-hydrogen) atoms. The highest BCUT2D eigenvalue weighted by Gasteiger charge is 2.22. The number of hydrogen-bond acceptors (Lipinski definition) is 4. The van der Waals surface area contributed by atoms with Crippen LogP contribution < -0.4 is 4.74 Å². The lowest BCUT2D eigenvalue weighted by molar-refractivity contribution is 0.411. The molecule has 3 N–H and O–H groups in total. The summed E-state index contributed by atoms with van der Waals surface area (Å²) in [6, 6.07) is 17.2. The van der Waals surface area contributed by atoms with Gasteiger partial charge in [-0.2, -0.15) is 0 Å². The van der Waals surface area contributed by atoms with E-state index in [0.717, 1.165) is 70.9 Å². The van der Waals surface area contributed by atoms with Crippen LogP contribution in [0.3, 0.4) is 0 Å². The first-order chi connectivity index (χ1) is 19.2. The van der Waals surface area contributed by atoms with Crippen LogP contribution in [-0.2, 0) is 0 Å². The quantitative estimate of drug-likeness (QED) is 0.200. The highest BCUT2D eigenvalue weighted by Crippen LogP contribution is 2.48. The molecule has 0 fully saturated rings. The Morgan fingerprint density at radius 2 is 1.05 bits per heavy atom. The van der Waals surface area contributed by atoms with Crippen molar-refractivity contribution in [3.05, 3.63) is 101 Å². The normalized spacial score (nSPS) is 11.5. The second kappa shape index (κ2) is 9.06. The van der Waals surface area contributed by atoms with E-state index in [0.29, 0.717) is 17.1 Å². The van der Waals surface area contributed by atoms with Gasteiger partial charge in [0, 0.05) is 10.9 Å². The fraction of sp³-hybridized carbons (Fsp3) is 0.111. The van der Waals surface area contributed by atoms with E-state index < -0.39 is 0 Å². The summed E-state index contributed by atoms with van der Waals surface area (Å²) in [5, 5.41) is 39.6. The topological polar surface area (TPSA) is 69.9 Å². The van der Waals surface area contributed by atoms with Gasteiger partial charge >= 0.3 is 0 Å². The van der Waals surface area contributed by atoms with Gasteiger partial charge in [-0.05, 0) is 117 Å². The maximum Gasteiger partial charge on any atom is 0.177 e. The first kappa shape index (κ1) is 25.3. The number of phenols is 3. The predicted molar refractivity (Wildman–Crippen MR) is 167 cm³/mol. The van der Waals surface area contributed by atoms with Crippen LogP contribution in [0.25, 0.3) is 55.2 Å². The highest BCUT2D eigenvalue weighted by molar-refractivity contribution is 6.16. The van der Waals surface area contributed by atoms with Crippen molar-refractivity contribution in [3.8, 4) is 28.7 Å². The van der Waals surface area contributed by atoms with Crippen LogP contribution >= 0.6 is 0 Å². The summed E-state index contributed by atoms with van der Waals surface area (Å²) in [7, 11) is 0. The molecule has 0 aromatic heterocycles. The van der Waals surface area contributed by atoms with Crippen molar-refractivity contribution in [2.75, 3.05) is 0 Å². The van der Waals surface area contributed by atoms with E-state index in [1.165, 1.54) is 0 Å². The molecule has 6 rings (SSSR count). The van der Waals surface area contributed by atoms with E-state index in [1.807, 2.05) is 70.2 Å². The van der Waals surface area contributed by atoms with Crippen LogP contribution in [-0.4, -0.2) is 15.3 Å². The van der Waals surface area contributed by atoms with Gasteiger partial charge in [0.15, 0.2) is 11.5 Å². The number of hydrogen-bond donors (Lipinski definition) is 3. The van der Waals surface area contributed by atoms with Gasteiger partial charge in [-0.25, -0.2) is 0 Å². The number of fused-ring (bicyclic) bond motifs is 6. The largest absolute Gasteiger partial charge is 0.508 e. The van der Waals surface area contributed by atoms with Crippen molar-refractivity contribution in [1.82, 2.24) is 0 Å². The van der Waals surface area contributed by atoms with Gasteiger partial charge < -0.3 is 20.1 Å². The molecule has 6 aromatic carbocycles. The Labute approximate surface area is 232 Å². The lowest BCUT2D eigenvalue weighted by atomic mass is 9.91. The second-order valence-corrected chi connectivity index (χ2v) is 10.4. The smallest absolute Gasteiger partial charge is 0.177 e. The standard InChI is InChI=1S/C36H30O4/c1-7-22-20(5)33(17-30-26(22)11-9-24-18(3)31(37)15-13-27(24)30)40-36-34-28(23(8-2)21(6)35(36)39)12-10-25-19(4)32(38)16-14-29(25)34/h7-17,37-39H,1-2H2,3-6H3. The van der Waals surface area contributed by atoms with Crippen LogP contribution in [0.2, 0.25) is 0 Å². The number of benzene rings is 6. The molecule has 0 heterocycles. The molecule has 6 aromatic rings. The molecule has 0 amide bonds. The fourth-order valence-electron chi connectivity index (χ4n) is 6.01. The third-order valence-corrected chi connectivity index (χ3v) is 8.38. The molecular formula is C36H30O4.